The van der Waals surface area contributed by atoms with Gasteiger partial charge in [0, 0.05) is 13.1 Å². The van der Waals surface area contributed by atoms with E-state index in [1.165, 1.54) is 11.8 Å². The quantitative estimate of drug-likeness (QED) is 0.710. The molecule has 0 aliphatic heterocycles. The van der Waals surface area contributed by atoms with E-state index in [-0.39, 0.29) is 6.42 Å². The van der Waals surface area contributed by atoms with E-state index in [9.17, 15) is 18.4 Å². The van der Waals surface area contributed by atoms with E-state index in [2.05, 4.69) is 0 Å². The highest BCUT2D eigenvalue weighted by atomic mass is 19.3. The van der Waals surface area contributed by atoms with Crippen LogP contribution >= 0.6 is 0 Å². The Hall–Kier alpha value is -1.20. The van der Waals surface area contributed by atoms with Crippen molar-refractivity contribution in [2.45, 2.75) is 39.7 Å². The van der Waals surface area contributed by atoms with Gasteiger partial charge in [-0.1, -0.05) is 6.92 Å². The Morgan fingerprint density at radius 3 is 2.00 bits per heavy atom. The molecule has 4 nitrogen and oxygen atoms in total. The van der Waals surface area contributed by atoms with Crippen molar-refractivity contribution in [2.24, 2.45) is 0 Å². The summed E-state index contributed by atoms with van der Waals surface area (Å²) in [5, 5.41) is 0. The minimum absolute atomic E-state index is 0.0518. The number of alkyl halides is 2. The van der Waals surface area contributed by atoms with E-state index in [1.807, 2.05) is 0 Å². The van der Waals surface area contributed by atoms with Crippen molar-refractivity contribution in [1.82, 2.24) is 4.90 Å². The summed E-state index contributed by atoms with van der Waals surface area (Å²) in [5.41, 5.74) is 0. The highest BCUT2D eigenvalue weighted by Gasteiger charge is 2.29. The molecular formula is C10H17F2NO3. The summed E-state index contributed by atoms with van der Waals surface area (Å²) in [7, 11) is 0. The van der Waals surface area contributed by atoms with Gasteiger partial charge in [-0.25, -0.2) is 13.6 Å². The maximum Gasteiger partial charge on any atom is 0.410 e. The third-order valence-electron chi connectivity index (χ3n) is 2.17. The highest BCUT2D eigenvalue weighted by molar-refractivity contribution is 5.87. The van der Waals surface area contributed by atoms with Gasteiger partial charge >= 0.3 is 6.09 Å². The maximum atomic E-state index is 12.1. The van der Waals surface area contributed by atoms with Crippen LogP contribution in [0.15, 0.2) is 0 Å². The molecule has 0 aromatic rings. The molecule has 0 spiro atoms. The molecule has 0 fully saturated rings. The lowest BCUT2D eigenvalue weighted by Crippen LogP contribution is -2.38. The van der Waals surface area contributed by atoms with Crippen molar-refractivity contribution in [3.8, 4) is 0 Å². The maximum absolute atomic E-state index is 12.1. The molecule has 0 saturated carbocycles. The number of hydrogen-bond acceptors (Lipinski definition) is 3. The predicted molar refractivity (Wildman–Crippen MR) is 54.5 cm³/mol. The van der Waals surface area contributed by atoms with Gasteiger partial charge in [-0.3, -0.25) is 4.79 Å². The van der Waals surface area contributed by atoms with E-state index in [0.29, 0.717) is 13.1 Å². The van der Waals surface area contributed by atoms with Crippen molar-refractivity contribution in [3.05, 3.63) is 0 Å². The van der Waals surface area contributed by atoms with Crippen molar-refractivity contribution in [2.75, 3.05) is 13.1 Å². The smallest absolute Gasteiger partial charge is 0.410 e. The van der Waals surface area contributed by atoms with Gasteiger partial charge in [0.2, 0.25) is 5.78 Å². The van der Waals surface area contributed by atoms with Gasteiger partial charge in [0.05, 0.1) is 0 Å². The number of ketones is 1. The van der Waals surface area contributed by atoms with E-state index >= 15 is 0 Å². The molecule has 0 aliphatic rings. The second-order valence-corrected chi connectivity index (χ2v) is 3.16. The molecule has 16 heavy (non-hydrogen) atoms. The molecule has 0 aromatic heterocycles. The van der Waals surface area contributed by atoms with Crippen LogP contribution in [0.1, 0.15) is 27.2 Å². The standard InChI is InChI=1S/C10H17F2NO3/c1-4-7(8(14)9(11)12)16-10(15)13(5-2)6-3/h7,9H,4-6H2,1-3H3. The first kappa shape index (κ1) is 14.8. The van der Waals surface area contributed by atoms with Crippen molar-refractivity contribution >= 4 is 11.9 Å². The molecule has 6 heteroatoms. The number of Topliss-reactive ketones (excluding diaryl/α,β-unsaturated/α-hetero) is 1. The lowest BCUT2D eigenvalue weighted by Gasteiger charge is -2.21. The fraction of sp³-hybridized carbons (Fsp3) is 0.800. The number of hydrogen-bond donors (Lipinski definition) is 0. The van der Waals surface area contributed by atoms with Crippen LogP contribution in [0.25, 0.3) is 0 Å². The Labute approximate surface area is 93.6 Å². The third-order valence-corrected chi connectivity index (χ3v) is 2.17. The van der Waals surface area contributed by atoms with Gasteiger partial charge in [0.15, 0.2) is 6.10 Å². The minimum atomic E-state index is -3.10. The number of rotatable bonds is 6. The number of halogens is 2. The molecule has 94 valence electrons. The van der Waals surface area contributed by atoms with Crippen LogP contribution in [0.5, 0.6) is 0 Å². The zero-order valence-corrected chi connectivity index (χ0v) is 9.70. The third kappa shape index (κ3) is 4.12. The molecule has 1 atom stereocenters. The normalized spacial score (nSPS) is 12.4. The minimum Gasteiger partial charge on any atom is -0.438 e. The molecule has 0 rings (SSSR count). The zero-order valence-electron chi connectivity index (χ0n) is 9.70. The summed E-state index contributed by atoms with van der Waals surface area (Å²) in [6, 6.07) is 0. The molecule has 1 unspecified atom stereocenters. The zero-order chi connectivity index (χ0) is 12.7. The van der Waals surface area contributed by atoms with Crippen molar-refractivity contribution in [3.63, 3.8) is 0 Å². The fourth-order valence-corrected chi connectivity index (χ4v) is 1.16. The highest BCUT2D eigenvalue weighted by Crippen LogP contribution is 2.09. The Morgan fingerprint density at radius 1 is 1.19 bits per heavy atom. The van der Waals surface area contributed by atoms with Crippen molar-refractivity contribution in [1.29, 1.82) is 0 Å². The first-order chi connectivity index (χ1) is 7.47. The van der Waals surface area contributed by atoms with Crippen LogP contribution in [0.3, 0.4) is 0 Å². The average molecular weight is 237 g/mol. The van der Waals surface area contributed by atoms with E-state index in [4.69, 9.17) is 4.74 Å². The number of carbonyl (C=O) groups excluding carboxylic acids is 2. The van der Waals surface area contributed by atoms with Crippen molar-refractivity contribution < 1.29 is 23.1 Å². The summed E-state index contributed by atoms with van der Waals surface area (Å²) in [6.07, 6.45) is -5.13. The first-order valence-electron chi connectivity index (χ1n) is 5.25. The van der Waals surface area contributed by atoms with Gasteiger partial charge in [-0.05, 0) is 20.3 Å². The number of amides is 1. The van der Waals surface area contributed by atoms with E-state index < -0.39 is 24.4 Å². The van der Waals surface area contributed by atoms with Gasteiger partial charge in [0.25, 0.3) is 6.43 Å². The van der Waals surface area contributed by atoms with E-state index in [1.54, 1.807) is 13.8 Å². The van der Waals surface area contributed by atoms with E-state index in [0.717, 1.165) is 0 Å². The largest absolute Gasteiger partial charge is 0.438 e. The molecule has 0 radical (unpaired) electrons. The predicted octanol–water partition coefficient (Wildman–Crippen LogP) is 2.08. The summed E-state index contributed by atoms with van der Waals surface area (Å²) < 4.78 is 29.0. The lowest BCUT2D eigenvalue weighted by molar-refractivity contribution is -0.138. The van der Waals surface area contributed by atoms with Crippen LogP contribution in [0, 0.1) is 0 Å². The van der Waals surface area contributed by atoms with Gasteiger partial charge in [-0.15, -0.1) is 0 Å². The molecule has 1 amide bonds. The summed E-state index contributed by atoms with van der Waals surface area (Å²) in [6.45, 7) is 5.81. The topological polar surface area (TPSA) is 46.6 Å². The molecule has 0 bridgehead atoms. The Bertz CT molecular complexity index is 242. The Balaban J connectivity index is 4.43. The van der Waals surface area contributed by atoms with Crippen LogP contribution in [0.2, 0.25) is 0 Å². The number of nitrogens with zero attached hydrogens (tertiary/aromatic N) is 1. The second kappa shape index (κ2) is 7.14. The number of ether oxygens (including phenoxy) is 1. The molecule has 0 heterocycles. The Kier molecular flexibility index (Phi) is 6.60. The molecular weight excluding hydrogens is 220 g/mol. The number of carbonyl (C=O) groups is 2. The first-order valence-corrected chi connectivity index (χ1v) is 5.25. The average Bonchev–Trinajstić information content (AvgIpc) is 2.26. The monoisotopic (exact) mass is 237 g/mol. The molecule has 0 aromatic carbocycles. The van der Waals surface area contributed by atoms with Crippen LogP contribution in [-0.2, 0) is 9.53 Å². The van der Waals surface area contributed by atoms with Gasteiger partial charge in [-0.2, -0.15) is 0 Å². The molecule has 0 saturated heterocycles. The van der Waals surface area contributed by atoms with Crippen LogP contribution < -0.4 is 0 Å². The van der Waals surface area contributed by atoms with Crippen LogP contribution in [-0.4, -0.2) is 42.4 Å². The fourth-order valence-electron chi connectivity index (χ4n) is 1.16. The lowest BCUT2D eigenvalue weighted by atomic mass is 10.2. The summed E-state index contributed by atoms with van der Waals surface area (Å²) in [5.74, 6) is -1.34. The van der Waals surface area contributed by atoms with Crippen LogP contribution in [0.4, 0.5) is 13.6 Å². The Morgan fingerprint density at radius 2 is 1.69 bits per heavy atom. The summed E-state index contributed by atoms with van der Waals surface area (Å²) >= 11 is 0. The molecule has 0 aliphatic carbocycles. The second-order valence-electron chi connectivity index (χ2n) is 3.16. The van der Waals surface area contributed by atoms with Gasteiger partial charge < -0.3 is 9.64 Å². The SMILES string of the molecule is CCC(OC(=O)N(CC)CC)C(=O)C(F)F. The molecule has 0 N–H and O–H groups in total. The summed E-state index contributed by atoms with van der Waals surface area (Å²) in [4.78, 5) is 23.7. The van der Waals surface area contributed by atoms with Gasteiger partial charge in [0.1, 0.15) is 0 Å².